The monoisotopic (exact) mass is 261 g/mol. The fraction of sp³-hybridized carbons (Fsp3) is 0.556. The van der Waals surface area contributed by atoms with E-state index in [2.05, 4.69) is 21.1 Å². The third-order valence-electron chi connectivity index (χ3n) is 1.65. The molecule has 0 aliphatic rings. The van der Waals surface area contributed by atoms with Gasteiger partial charge in [0, 0.05) is 6.42 Å². The first-order valence-corrected chi connectivity index (χ1v) is 5.31. The fourth-order valence-corrected chi connectivity index (χ4v) is 1.53. The van der Waals surface area contributed by atoms with Gasteiger partial charge in [-0.15, -0.1) is 0 Å². The molecular formula is C9H12BrNO3. The van der Waals surface area contributed by atoms with Crippen molar-refractivity contribution in [2.45, 2.75) is 26.7 Å². The maximum absolute atomic E-state index is 11.3. The van der Waals surface area contributed by atoms with Crippen molar-refractivity contribution in [3.8, 4) is 0 Å². The van der Waals surface area contributed by atoms with E-state index in [0.29, 0.717) is 16.8 Å². The van der Waals surface area contributed by atoms with Crippen LogP contribution >= 0.6 is 15.9 Å². The van der Waals surface area contributed by atoms with Gasteiger partial charge in [-0.3, -0.25) is 0 Å². The first kappa shape index (κ1) is 11.2. The predicted octanol–water partition coefficient (Wildman–Crippen LogP) is 2.57. The lowest BCUT2D eigenvalue weighted by molar-refractivity contribution is 0.0513. The molecule has 0 aliphatic heterocycles. The summed E-state index contributed by atoms with van der Waals surface area (Å²) in [6.45, 7) is 4.11. The second-order valence-electron chi connectivity index (χ2n) is 2.74. The number of hydrogen-bond acceptors (Lipinski definition) is 4. The van der Waals surface area contributed by atoms with Crippen molar-refractivity contribution in [1.82, 2.24) is 5.16 Å². The molecule has 0 aliphatic carbocycles. The van der Waals surface area contributed by atoms with Crippen molar-refractivity contribution in [3.05, 3.63) is 15.9 Å². The number of halogens is 1. The molecule has 0 amide bonds. The molecule has 4 nitrogen and oxygen atoms in total. The van der Waals surface area contributed by atoms with Crippen molar-refractivity contribution in [3.63, 3.8) is 0 Å². The van der Waals surface area contributed by atoms with Crippen LogP contribution in [0.2, 0.25) is 0 Å². The molecule has 0 radical (unpaired) electrons. The lowest BCUT2D eigenvalue weighted by atomic mass is 10.2. The lowest BCUT2D eigenvalue weighted by Crippen LogP contribution is -2.05. The number of esters is 1. The van der Waals surface area contributed by atoms with Gasteiger partial charge in [0.1, 0.15) is 0 Å². The normalized spacial score (nSPS) is 10.2. The van der Waals surface area contributed by atoms with E-state index in [1.54, 1.807) is 6.92 Å². The average Bonchev–Trinajstić information content (AvgIpc) is 2.49. The Bertz CT molecular complexity index is 322. The molecule has 0 saturated heterocycles. The van der Waals surface area contributed by atoms with E-state index in [9.17, 15) is 4.79 Å². The largest absolute Gasteiger partial charge is 0.461 e. The van der Waals surface area contributed by atoms with Crippen molar-refractivity contribution in [2.24, 2.45) is 0 Å². The van der Waals surface area contributed by atoms with Crippen LogP contribution in [0.1, 0.15) is 36.5 Å². The second kappa shape index (κ2) is 5.14. The molecule has 0 bridgehead atoms. The molecule has 1 rings (SSSR count). The van der Waals surface area contributed by atoms with Crippen LogP contribution in [0.25, 0.3) is 0 Å². The summed E-state index contributed by atoms with van der Waals surface area (Å²) in [6.07, 6.45) is 1.70. The number of ether oxygens (including phenoxy) is 1. The first-order chi connectivity index (χ1) is 6.70. The van der Waals surface area contributed by atoms with E-state index >= 15 is 0 Å². The molecule has 0 spiro atoms. The highest BCUT2D eigenvalue weighted by Gasteiger charge is 2.20. The molecule has 1 aromatic heterocycles. The van der Waals surface area contributed by atoms with Gasteiger partial charge >= 0.3 is 5.97 Å². The topological polar surface area (TPSA) is 52.3 Å². The van der Waals surface area contributed by atoms with Gasteiger partial charge in [-0.1, -0.05) is 12.1 Å². The highest BCUT2D eigenvalue weighted by Crippen LogP contribution is 2.23. The highest BCUT2D eigenvalue weighted by molar-refractivity contribution is 9.10. The average molecular weight is 262 g/mol. The van der Waals surface area contributed by atoms with Crippen molar-refractivity contribution in [1.29, 1.82) is 0 Å². The van der Waals surface area contributed by atoms with Gasteiger partial charge in [-0.25, -0.2) is 4.79 Å². The van der Waals surface area contributed by atoms with Crippen LogP contribution in [0.4, 0.5) is 0 Å². The van der Waals surface area contributed by atoms with Crippen LogP contribution in [0.15, 0.2) is 9.00 Å². The maximum Gasteiger partial charge on any atom is 0.361 e. The van der Waals surface area contributed by atoms with Crippen molar-refractivity contribution in [2.75, 3.05) is 6.61 Å². The highest BCUT2D eigenvalue weighted by atomic mass is 79.9. The van der Waals surface area contributed by atoms with Crippen LogP contribution in [-0.4, -0.2) is 17.7 Å². The summed E-state index contributed by atoms with van der Waals surface area (Å²) in [4.78, 5) is 11.3. The number of carbonyl (C=O) groups excluding carboxylic acids is 1. The summed E-state index contributed by atoms with van der Waals surface area (Å²) in [5.74, 6) is 0.237. The Balaban J connectivity index is 2.83. The van der Waals surface area contributed by atoms with Gasteiger partial charge < -0.3 is 9.26 Å². The number of rotatable bonds is 4. The van der Waals surface area contributed by atoms with Gasteiger partial charge in [0.25, 0.3) is 0 Å². The van der Waals surface area contributed by atoms with E-state index in [4.69, 9.17) is 9.26 Å². The van der Waals surface area contributed by atoms with Crippen LogP contribution in [0.5, 0.6) is 0 Å². The van der Waals surface area contributed by atoms with Gasteiger partial charge in [0.15, 0.2) is 5.76 Å². The molecule has 0 atom stereocenters. The predicted molar refractivity (Wildman–Crippen MR) is 54.2 cm³/mol. The van der Waals surface area contributed by atoms with E-state index in [-0.39, 0.29) is 5.69 Å². The minimum absolute atomic E-state index is 0.218. The molecule has 0 fully saturated rings. The van der Waals surface area contributed by atoms with Crippen LogP contribution in [-0.2, 0) is 11.2 Å². The number of aromatic nitrogens is 1. The summed E-state index contributed by atoms with van der Waals surface area (Å²) < 4.78 is 10.4. The third kappa shape index (κ3) is 2.35. The smallest absolute Gasteiger partial charge is 0.361 e. The minimum Gasteiger partial charge on any atom is -0.461 e. The van der Waals surface area contributed by atoms with E-state index in [1.807, 2.05) is 6.92 Å². The van der Waals surface area contributed by atoms with Crippen molar-refractivity contribution >= 4 is 21.9 Å². The molecule has 14 heavy (non-hydrogen) atoms. The zero-order valence-electron chi connectivity index (χ0n) is 8.17. The quantitative estimate of drug-likeness (QED) is 0.782. The Kier molecular flexibility index (Phi) is 4.13. The third-order valence-corrected chi connectivity index (χ3v) is 2.46. The Morgan fingerprint density at radius 2 is 2.29 bits per heavy atom. The van der Waals surface area contributed by atoms with Gasteiger partial charge in [-0.05, 0) is 29.3 Å². The zero-order valence-corrected chi connectivity index (χ0v) is 9.76. The SMILES string of the molecule is CCCc1onc(C(=O)OCC)c1Br. The number of nitrogens with zero attached hydrogens (tertiary/aromatic N) is 1. The molecule has 78 valence electrons. The Labute approximate surface area is 90.7 Å². The number of carbonyl (C=O) groups is 1. The molecule has 5 heteroatoms. The minimum atomic E-state index is -0.453. The molecule has 0 saturated carbocycles. The molecule has 1 aromatic rings. The van der Waals surface area contributed by atoms with E-state index in [1.165, 1.54) is 0 Å². The van der Waals surface area contributed by atoms with Gasteiger partial charge in [0.2, 0.25) is 5.69 Å². The van der Waals surface area contributed by atoms with Gasteiger partial charge in [-0.2, -0.15) is 0 Å². The summed E-state index contributed by atoms with van der Waals surface area (Å²) >= 11 is 3.27. The van der Waals surface area contributed by atoms with Crippen LogP contribution in [0.3, 0.4) is 0 Å². The standard InChI is InChI=1S/C9H12BrNO3/c1-3-5-6-7(10)8(11-14-6)9(12)13-4-2/h3-5H2,1-2H3. The summed E-state index contributed by atoms with van der Waals surface area (Å²) in [5.41, 5.74) is 0.218. The Morgan fingerprint density at radius 1 is 1.57 bits per heavy atom. The van der Waals surface area contributed by atoms with Gasteiger partial charge in [0.05, 0.1) is 11.1 Å². The summed E-state index contributed by atoms with van der Waals surface area (Å²) in [7, 11) is 0. The summed E-state index contributed by atoms with van der Waals surface area (Å²) in [5, 5.41) is 3.66. The summed E-state index contributed by atoms with van der Waals surface area (Å²) in [6, 6.07) is 0. The van der Waals surface area contributed by atoms with Crippen molar-refractivity contribution < 1.29 is 14.1 Å². The maximum atomic E-state index is 11.3. The molecule has 0 N–H and O–H groups in total. The molecular weight excluding hydrogens is 250 g/mol. The number of hydrogen-bond donors (Lipinski definition) is 0. The van der Waals surface area contributed by atoms with Crippen LogP contribution < -0.4 is 0 Å². The first-order valence-electron chi connectivity index (χ1n) is 4.51. The Hall–Kier alpha value is -0.840. The lowest BCUT2D eigenvalue weighted by Gasteiger charge is -1.96. The fourth-order valence-electron chi connectivity index (χ4n) is 1.02. The van der Waals surface area contributed by atoms with E-state index < -0.39 is 5.97 Å². The molecule has 0 aromatic carbocycles. The number of aryl methyl sites for hydroxylation is 1. The molecule has 0 unspecified atom stereocenters. The Morgan fingerprint density at radius 3 is 2.86 bits per heavy atom. The second-order valence-corrected chi connectivity index (χ2v) is 3.53. The van der Waals surface area contributed by atoms with E-state index in [0.717, 1.165) is 12.8 Å². The molecule has 1 heterocycles. The zero-order chi connectivity index (χ0) is 10.6. The van der Waals surface area contributed by atoms with Crippen LogP contribution in [0, 0.1) is 0 Å².